The normalized spacial score (nSPS) is 10.4. The van der Waals surface area contributed by atoms with E-state index in [1.807, 2.05) is 0 Å². The van der Waals surface area contributed by atoms with Crippen molar-refractivity contribution in [3.8, 4) is 11.6 Å². The average molecular weight is 242 g/mol. The molecule has 90 valence electrons. The summed E-state index contributed by atoms with van der Waals surface area (Å²) < 4.78 is 5.52. The molecule has 5 nitrogen and oxygen atoms in total. The van der Waals surface area contributed by atoms with E-state index >= 15 is 0 Å². The Labute approximate surface area is 103 Å². The van der Waals surface area contributed by atoms with Gasteiger partial charge in [-0.15, -0.1) is 0 Å². The van der Waals surface area contributed by atoms with Gasteiger partial charge in [0.2, 0.25) is 5.88 Å². The van der Waals surface area contributed by atoms with E-state index < -0.39 is 5.97 Å². The number of hydrogen-bond acceptors (Lipinski definition) is 4. The number of aromatic nitrogens is 2. The number of nitrogens with zero attached hydrogens (tertiary/aromatic N) is 2. The molecule has 2 heterocycles. The van der Waals surface area contributed by atoms with Crippen molar-refractivity contribution in [3.63, 3.8) is 0 Å². The first-order valence-electron chi connectivity index (χ1n) is 5.19. The molecule has 18 heavy (non-hydrogen) atoms. The molecule has 0 bridgehead atoms. The molecular formula is C13H10N2O3. The van der Waals surface area contributed by atoms with Crippen LogP contribution in [0.2, 0.25) is 0 Å². The molecule has 2 aromatic rings. The second kappa shape index (κ2) is 5.58. The molecule has 0 saturated carbocycles. The molecule has 0 radical (unpaired) electrons. The zero-order valence-corrected chi connectivity index (χ0v) is 9.35. The standard InChI is InChI=1S/C13H10N2O3/c16-12(17)6-5-10-3-1-8-15-13(10)18-11-4-2-7-14-9-11/h1-9H,(H,16,17)/b6-5+. The minimum absolute atomic E-state index is 0.336. The smallest absolute Gasteiger partial charge is 0.328 e. The molecule has 5 heteroatoms. The molecular weight excluding hydrogens is 232 g/mol. The Morgan fingerprint density at radius 1 is 1.28 bits per heavy atom. The topological polar surface area (TPSA) is 72.3 Å². The van der Waals surface area contributed by atoms with Gasteiger partial charge in [0.1, 0.15) is 5.75 Å². The van der Waals surface area contributed by atoms with Crippen LogP contribution in [0.5, 0.6) is 11.6 Å². The summed E-state index contributed by atoms with van der Waals surface area (Å²) in [6.45, 7) is 0. The summed E-state index contributed by atoms with van der Waals surface area (Å²) in [4.78, 5) is 18.5. The number of hydrogen-bond donors (Lipinski definition) is 1. The van der Waals surface area contributed by atoms with Crippen LogP contribution in [0.4, 0.5) is 0 Å². The van der Waals surface area contributed by atoms with Gasteiger partial charge in [0, 0.05) is 24.0 Å². The van der Waals surface area contributed by atoms with Crippen molar-refractivity contribution >= 4 is 12.0 Å². The molecule has 0 fully saturated rings. The SMILES string of the molecule is O=C(O)/C=C/c1cccnc1Oc1cccnc1. The Morgan fingerprint density at radius 2 is 2.11 bits per heavy atom. The minimum Gasteiger partial charge on any atom is -0.478 e. The van der Waals surface area contributed by atoms with E-state index in [4.69, 9.17) is 9.84 Å². The fourth-order valence-electron chi connectivity index (χ4n) is 1.30. The molecule has 0 atom stereocenters. The summed E-state index contributed by atoms with van der Waals surface area (Å²) in [7, 11) is 0. The van der Waals surface area contributed by atoms with E-state index in [1.165, 1.54) is 6.08 Å². The van der Waals surface area contributed by atoms with Crippen molar-refractivity contribution in [1.29, 1.82) is 0 Å². The number of pyridine rings is 2. The molecule has 0 aliphatic carbocycles. The van der Waals surface area contributed by atoms with Crippen LogP contribution in [0.3, 0.4) is 0 Å². The van der Waals surface area contributed by atoms with E-state index in [0.29, 0.717) is 17.2 Å². The monoisotopic (exact) mass is 242 g/mol. The highest BCUT2D eigenvalue weighted by Crippen LogP contribution is 2.22. The van der Waals surface area contributed by atoms with E-state index in [0.717, 1.165) is 6.08 Å². The van der Waals surface area contributed by atoms with Gasteiger partial charge in [-0.05, 0) is 30.3 Å². The number of rotatable bonds is 4. The third kappa shape index (κ3) is 3.15. The Balaban J connectivity index is 2.25. The number of aliphatic carboxylic acids is 1. The van der Waals surface area contributed by atoms with Gasteiger partial charge in [0.15, 0.2) is 0 Å². The van der Waals surface area contributed by atoms with Crippen LogP contribution in [0, 0.1) is 0 Å². The van der Waals surface area contributed by atoms with Crippen molar-refractivity contribution in [2.45, 2.75) is 0 Å². The first kappa shape index (κ1) is 11.8. The Kier molecular flexibility index (Phi) is 3.66. The second-order valence-corrected chi connectivity index (χ2v) is 3.36. The van der Waals surface area contributed by atoms with Gasteiger partial charge in [-0.2, -0.15) is 0 Å². The minimum atomic E-state index is -1.02. The van der Waals surface area contributed by atoms with Crippen molar-refractivity contribution in [1.82, 2.24) is 9.97 Å². The summed E-state index contributed by atoms with van der Waals surface area (Å²) in [6, 6.07) is 6.91. The molecule has 0 unspecified atom stereocenters. The highest BCUT2D eigenvalue weighted by molar-refractivity contribution is 5.85. The third-order valence-electron chi connectivity index (χ3n) is 2.05. The zero-order chi connectivity index (χ0) is 12.8. The van der Waals surface area contributed by atoms with E-state index in [1.54, 1.807) is 42.9 Å². The van der Waals surface area contributed by atoms with Crippen LogP contribution in [0.25, 0.3) is 6.08 Å². The Bertz CT molecular complexity index is 567. The van der Waals surface area contributed by atoms with Gasteiger partial charge in [0.25, 0.3) is 0 Å². The largest absolute Gasteiger partial charge is 0.478 e. The summed E-state index contributed by atoms with van der Waals surface area (Å²) in [5.41, 5.74) is 0.587. The molecule has 1 N–H and O–H groups in total. The summed E-state index contributed by atoms with van der Waals surface area (Å²) in [6.07, 6.45) is 7.23. The van der Waals surface area contributed by atoms with E-state index in [9.17, 15) is 4.79 Å². The van der Waals surface area contributed by atoms with Crippen LogP contribution >= 0.6 is 0 Å². The highest BCUT2D eigenvalue weighted by Gasteiger charge is 2.03. The van der Waals surface area contributed by atoms with Crippen LogP contribution in [0.15, 0.2) is 48.9 Å². The first-order chi connectivity index (χ1) is 8.75. The van der Waals surface area contributed by atoms with E-state index in [-0.39, 0.29) is 0 Å². The van der Waals surface area contributed by atoms with Gasteiger partial charge in [0.05, 0.1) is 6.20 Å². The van der Waals surface area contributed by atoms with Crippen molar-refractivity contribution in [2.75, 3.05) is 0 Å². The van der Waals surface area contributed by atoms with Gasteiger partial charge in [-0.3, -0.25) is 4.98 Å². The molecule has 0 aromatic carbocycles. The molecule has 0 aliphatic heterocycles. The lowest BCUT2D eigenvalue weighted by atomic mass is 10.2. The fourth-order valence-corrected chi connectivity index (χ4v) is 1.30. The predicted molar refractivity (Wildman–Crippen MR) is 65.2 cm³/mol. The molecule has 2 rings (SSSR count). The van der Waals surface area contributed by atoms with Gasteiger partial charge < -0.3 is 9.84 Å². The molecule has 0 spiro atoms. The van der Waals surface area contributed by atoms with Crippen LogP contribution in [0.1, 0.15) is 5.56 Å². The molecule has 0 aliphatic rings. The maximum absolute atomic E-state index is 10.5. The number of carboxylic acids is 1. The molecule has 2 aromatic heterocycles. The lowest BCUT2D eigenvalue weighted by Gasteiger charge is -2.06. The number of carboxylic acid groups (broad SMARTS) is 1. The van der Waals surface area contributed by atoms with Crippen LogP contribution in [-0.2, 0) is 4.79 Å². The number of carbonyl (C=O) groups is 1. The first-order valence-corrected chi connectivity index (χ1v) is 5.19. The van der Waals surface area contributed by atoms with Crippen LogP contribution < -0.4 is 4.74 Å². The second-order valence-electron chi connectivity index (χ2n) is 3.36. The highest BCUT2D eigenvalue weighted by atomic mass is 16.5. The van der Waals surface area contributed by atoms with Gasteiger partial charge in [-0.1, -0.05) is 0 Å². The van der Waals surface area contributed by atoms with E-state index in [2.05, 4.69) is 9.97 Å². The molecule has 0 amide bonds. The van der Waals surface area contributed by atoms with Crippen molar-refractivity contribution in [2.24, 2.45) is 0 Å². The van der Waals surface area contributed by atoms with Crippen molar-refractivity contribution < 1.29 is 14.6 Å². The molecule has 0 saturated heterocycles. The maximum Gasteiger partial charge on any atom is 0.328 e. The zero-order valence-electron chi connectivity index (χ0n) is 9.35. The van der Waals surface area contributed by atoms with Gasteiger partial charge in [-0.25, -0.2) is 9.78 Å². The van der Waals surface area contributed by atoms with Crippen molar-refractivity contribution in [3.05, 3.63) is 54.5 Å². The Hall–Kier alpha value is -2.69. The Morgan fingerprint density at radius 3 is 2.83 bits per heavy atom. The predicted octanol–water partition coefficient (Wildman–Crippen LogP) is 2.37. The quantitative estimate of drug-likeness (QED) is 0.833. The fraction of sp³-hybridized carbons (Fsp3) is 0. The summed E-state index contributed by atoms with van der Waals surface area (Å²) in [5.74, 6) is -0.143. The summed E-state index contributed by atoms with van der Waals surface area (Å²) in [5, 5.41) is 8.60. The lowest BCUT2D eigenvalue weighted by molar-refractivity contribution is -0.131. The maximum atomic E-state index is 10.5. The lowest BCUT2D eigenvalue weighted by Crippen LogP contribution is -1.92. The number of ether oxygens (including phenoxy) is 1. The average Bonchev–Trinajstić information content (AvgIpc) is 2.39. The van der Waals surface area contributed by atoms with Crippen LogP contribution in [-0.4, -0.2) is 21.0 Å². The van der Waals surface area contributed by atoms with Gasteiger partial charge >= 0.3 is 5.97 Å². The third-order valence-corrected chi connectivity index (χ3v) is 2.05. The summed E-state index contributed by atoms with van der Waals surface area (Å²) >= 11 is 0.